The minimum Gasteiger partial charge on any atom is -0.457 e. The fraction of sp³-hybridized carbons (Fsp3) is 0.111. The number of hydrogen-bond acceptors (Lipinski definition) is 3. The van der Waals surface area contributed by atoms with Gasteiger partial charge in [0, 0.05) is 45.4 Å². The highest BCUT2D eigenvalue weighted by Crippen LogP contribution is 2.53. The lowest BCUT2D eigenvalue weighted by molar-refractivity contribution is 0.456. The number of nitrogens with zero attached hydrogens (tertiary/aromatic N) is 2. The summed E-state index contributed by atoms with van der Waals surface area (Å²) in [4.78, 5) is 11.3. The highest BCUT2D eigenvalue weighted by molar-refractivity contribution is 6.08. The Labute approximate surface area is 231 Å². The van der Waals surface area contributed by atoms with Crippen LogP contribution in [0.4, 0.5) is 5.69 Å². The van der Waals surface area contributed by atoms with Gasteiger partial charge in [-0.2, -0.15) is 0 Å². The molecule has 0 fully saturated rings. The van der Waals surface area contributed by atoms with Crippen LogP contribution in [0.25, 0.3) is 43.4 Å². The molecule has 1 aromatic heterocycles. The molecule has 6 aromatic carbocycles. The third kappa shape index (κ3) is 3.19. The van der Waals surface area contributed by atoms with E-state index in [1.54, 1.807) is 6.07 Å². The van der Waals surface area contributed by atoms with Crippen molar-refractivity contribution in [1.82, 2.24) is 4.57 Å². The topological polar surface area (TPSA) is 43.6 Å². The van der Waals surface area contributed by atoms with E-state index in [1.165, 1.54) is 49.3 Å². The summed E-state index contributed by atoms with van der Waals surface area (Å²) >= 11 is 0. The second-order valence-corrected chi connectivity index (χ2v) is 10.7. The van der Waals surface area contributed by atoms with Gasteiger partial charge in [-0.05, 0) is 88.6 Å². The molecular formula is C36H26N2O2. The van der Waals surface area contributed by atoms with Crippen LogP contribution >= 0.6 is 0 Å². The van der Waals surface area contributed by atoms with Gasteiger partial charge in [-0.3, -0.25) is 0 Å². The second kappa shape index (κ2) is 8.52. The van der Waals surface area contributed by atoms with Gasteiger partial charge in [0.05, 0.1) is 0 Å². The van der Waals surface area contributed by atoms with E-state index in [4.69, 9.17) is 4.74 Å². The van der Waals surface area contributed by atoms with Crippen molar-refractivity contribution in [3.8, 4) is 11.5 Å². The van der Waals surface area contributed by atoms with Crippen molar-refractivity contribution in [3.05, 3.63) is 130 Å². The lowest BCUT2D eigenvalue weighted by Gasteiger charge is -2.31. The number of para-hydroxylation sites is 1. The molecule has 8 rings (SSSR count). The molecular weight excluding hydrogens is 492 g/mol. The third-order valence-corrected chi connectivity index (χ3v) is 8.53. The Balaban J connectivity index is 1.49. The first-order valence-electron chi connectivity index (χ1n) is 13.8. The summed E-state index contributed by atoms with van der Waals surface area (Å²) in [7, 11) is 0. The molecule has 0 N–H and O–H groups in total. The lowest BCUT2D eigenvalue weighted by atomic mass is 9.78. The second-order valence-electron chi connectivity index (χ2n) is 10.7. The molecule has 1 unspecified atom stereocenters. The smallest absolute Gasteiger partial charge is 0.132 e. The van der Waals surface area contributed by atoms with Gasteiger partial charge in [0.25, 0.3) is 0 Å². The molecule has 192 valence electrons. The van der Waals surface area contributed by atoms with Gasteiger partial charge in [-0.15, -0.1) is 4.91 Å². The number of fused-ring (bicyclic) bond motifs is 9. The predicted molar refractivity (Wildman–Crippen MR) is 164 cm³/mol. The van der Waals surface area contributed by atoms with E-state index in [2.05, 4.69) is 96.4 Å². The molecule has 0 spiro atoms. The van der Waals surface area contributed by atoms with Crippen LogP contribution in [0.2, 0.25) is 0 Å². The molecule has 0 amide bonds. The summed E-state index contributed by atoms with van der Waals surface area (Å²) in [5, 5.41) is 10.2. The van der Waals surface area contributed by atoms with Crippen molar-refractivity contribution in [2.45, 2.75) is 26.3 Å². The molecule has 0 saturated carbocycles. The number of ether oxygens (including phenoxy) is 1. The number of rotatable bonds is 3. The molecule has 40 heavy (non-hydrogen) atoms. The van der Waals surface area contributed by atoms with Gasteiger partial charge in [-0.25, -0.2) is 0 Å². The van der Waals surface area contributed by atoms with Crippen LogP contribution in [0.5, 0.6) is 11.5 Å². The number of benzene rings is 6. The highest BCUT2D eigenvalue weighted by atomic mass is 16.5. The summed E-state index contributed by atoms with van der Waals surface area (Å²) in [6, 6.07) is 36.2. The van der Waals surface area contributed by atoms with Crippen LogP contribution < -0.4 is 4.74 Å². The fourth-order valence-electron chi connectivity index (χ4n) is 6.79. The Morgan fingerprint density at radius 1 is 0.700 bits per heavy atom. The summed E-state index contributed by atoms with van der Waals surface area (Å²) in [5.74, 6) is 1.67. The lowest BCUT2D eigenvalue weighted by Crippen LogP contribution is -2.13. The Hall–Kier alpha value is -4.96. The van der Waals surface area contributed by atoms with Gasteiger partial charge < -0.3 is 9.30 Å². The van der Waals surface area contributed by atoms with Crippen molar-refractivity contribution in [2.24, 2.45) is 5.18 Å². The van der Waals surface area contributed by atoms with Gasteiger partial charge >= 0.3 is 0 Å². The van der Waals surface area contributed by atoms with Gasteiger partial charge in [-0.1, -0.05) is 66.2 Å². The number of nitroso groups, excluding NO2 is 1. The Bertz CT molecular complexity index is 2170. The molecule has 4 nitrogen and oxygen atoms in total. The average Bonchev–Trinajstić information content (AvgIpc) is 3.32. The average molecular weight is 519 g/mol. The van der Waals surface area contributed by atoms with Gasteiger partial charge in [0.15, 0.2) is 0 Å². The van der Waals surface area contributed by atoms with E-state index in [1.807, 2.05) is 24.3 Å². The largest absolute Gasteiger partial charge is 0.457 e. The minimum absolute atomic E-state index is 0.0583. The molecule has 0 radical (unpaired) electrons. The maximum absolute atomic E-state index is 11.3. The van der Waals surface area contributed by atoms with Crippen LogP contribution in [-0.4, -0.2) is 4.57 Å². The molecule has 0 saturated heterocycles. The van der Waals surface area contributed by atoms with E-state index in [0.29, 0.717) is 5.69 Å². The normalized spacial score (nSPS) is 14.4. The molecule has 0 bridgehead atoms. The summed E-state index contributed by atoms with van der Waals surface area (Å²) in [6.45, 7) is 5.24. The Morgan fingerprint density at radius 2 is 1.40 bits per heavy atom. The zero-order valence-corrected chi connectivity index (χ0v) is 22.3. The third-order valence-electron chi connectivity index (χ3n) is 8.53. The number of aromatic nitrogens is 1. The first kappa shape index (κ1) is 23.0. The zero-order chi connectivity index (χ0) is 27.0. The molecule has 7 aromatic rings. The van der Waals surface area contributed by atoms with Crippen LogP contribution in [-0.2, 0) is 6.54 Å². The zero-order valence-electron chi connectivity index (χ0n) is 22.3. The van der Waals surface area contributed by atoms with Crippen molar-refractivity contribution in [3.63, 3.8) is 0 Å². The Kier molecular flexibility index (Phi) is 4.89. The summed E-state index contributed by atoms with van der Waals surface area (Å²) < 4.78 is 9.01. The number of aryl methyl sites for hydroxylation is 2. The molecule has 2 heterocycles. The van der Waals surface area contributed by atoms with Crippen LogP contribution in [0.1, 0.15) is 35.1 Å². The Morgan fingerprint density at radius 3 is 2.15 bits per heavy atom. The van der Waals surface area contributed by atoms with Crippen LogP contribution in [0.15, 0.2) is 108 Å². The molecule has 0 aliphatic carbocycles. The number of hydrogen-bond donors (Lipinski definition) is 0. The first-order chi connectivity index (χ1) is 19.6. The first-order valence-corrected chi connectivity index (χ1v) is 13.8. The van der Waals surface area contributed by atoms with Crippen LogP contribution in [0, 0.1) is 11.8 Å². The maximum Gasteiger partial charge on any atom is 0.132 e. The van der Waals surface area contributed by atoms with Crippen molar-refractivity contribution in [2.75, 3.05) is 0 Å². The highest BCUT2D eigenvalue weighted by Gasteiger charge is 2.32. The standard InChI is InChI=1S/C36H26N2O2/c1-3-38-30-7-5-4-6-28(30)29-20-24(9-15-31(29)38)34-35-26-13-8-21(2)18-22(26)10-16-32(35)40-33-17-11-23-19-25(37-39)12-14-27(23)36(33)34/h4-20,34H,3H2,1-2H3. The summed E-state index contributed by atoms with van der Waals surface area (Å²) in [5.41, 5.74) is 7.67. The SMILES string of the molecule is CCn1c2ccccc2c2cc(C3c4c(ccc5cc(C)ccc45)Oc4ccc5cc(N=O)ccc5c43)ccc21. The van der Waals surface area contributed by atoms with Crippen molar-refractivity contribution in [1.29, 1.82) is 0 Å². The van der Waals surface area contributed by atoms with Gasteiger partial charge in [0.1, 0.15) is 17.2 Å². The van der Waals surface area contributed by atoms with E-state index in [0.717, 1.165) is 34.4 Å². The van der Waals surface area contributed by atoms with Gasteiger partial charge in [0.2, 0.25) is 0 Å². The molecule has 1 aliphatic heterocycles. The van der Waals surface area contributed by atoms with E-state index >= 15 is 0 Å². The van der Waals surface area contributed by atoms with E-state index in [9.17, 15) is 4.91 Å². The van der Waals surface area contributed by atoms with E-state index < -0.39 is 0 Å². The fourth-order valence-corrected chi connectivity index (χ4v) is 6.79. The quantitative estimate of drug-likeness (QED) is 0.218. The molecule has 1 atom stereocenters. The molecule has 1 aliphatic rings. The maximum atomic E-state index is 11.3. The van der Waals surface area contributed by atoms with E-state index in [-0.39, 0.29) is 5.92 Å². The van der Waals surface area contributed by atoms with Crippen molar-refractivity contribution < 1.29 is 4.74 Å². The molecule has 4 heteroatoms. The summed E-state index contributed by atoms with van der Waals surface area (Å²) in [6.07, 6.45) is 0. The van der Waals surface area contributed by atoms with Crippen LogP contribution in [0.3, 0.4) is 0 Å². The monoisotopic (exact) mass is 518 g/mol. The predicted octanol–water partition coefficient (Wildman–Crippen LogP) is 10.1. The van der Waals surface area contributed by atoms with Crippen molar-refractivity contribution >= 4 is 49.0 Å². The minimum atomic E-state index is -0.0583.